The number of carbonyl (C=O) groups excluding carboxylic acids is 2. The predicted molar refractivity (Wildman–Crippen MR) is 118 cm³/mol. The van der Waals surface area contributed by atoms with Crippen molar-refractivity contribution >= 4 is 29.0 Å². The van der Waals surface area contributed by atoms with Crippen molar-refractivity contribution in [3.05, 3.63) is 40.5 Å². The number of carbonyl (C=O) groups is 2. The maximum atomic E-state index is 13.3. The van der Waals surface area contributed by atoms with Crippen LogP contribution in [-0.2, 0) is 9.59 Å². The number of likely N-dealkylation sites (tertiary alicyclic amines) is 1. The second-order valence-corrected chi connectivity index (χ2v) is 8.63. The Hall–Kier alpha value is -1.85. The minimum absolute atomic E-state index is 0.155. The highest BCUT2D eigenvalue weighted by atomic mass is 35.5. The van der Waals surface area contributed by atoms with Gasteiger partial charge in [0.25, 0.3) is 11.8 Å². The molecule has 2 amide bonds. The standard InChI is InChI=1S/C23H32ClN3O2/c1-4-5-6-7-14-27-22(28)20(17-8-10-18(24)11-9-17)21(23(27)29)26(3)19-12-15-25(2)16-13-19/h8-11,19H,4-7,12-16H2,1-3H3. The van der Waals surface area contributed by atoms with Crippen LogP contribution in [0.3, 0.4) is 0 Å². The third kappa shape index (κ3) is 4.84. The molecule has 6 heteroatoms. The van der Waals surface area contributed by atoms with Crippen LogP contribution in [0.4, 0.5) is 0 Å². The number of benzene rings is 1. The van der Waals surface area contributed by atoms with Crippen molar-refractivity contribution in [2.45, 2.75) is 51.5 Å². The van der Waals surface area contributed by atoms with Crippen molar-refractivity contribution in [1.82, 2.24) is 14.7 Å². The first kappa shape index (κ1) is 21.8. The molecule has 0 spiro atoms. The molecule has 2 heterocycles. The summed E-state index contributed by atoms with van der Waals surface area (Å²) in [4.78, 5) is 32.5. The molecule has 1 saturated heterocycles. The van der Waals surface area contributed by atoms with E-state index in [0.717, 1.165) is 57.2 Å². The maximum absolute atomic E-state index is 13.3. The van der Waals surface area contributed by atoms with Crippen LogP contribution in [0.2, 0.25) is 5.02 Å². The lowest BCUT2D eigenvalue weighted by Gasteiger charge is -2.36. The molecule has 29 heavy (non-hydrogen) atoms. The highest BCUT2D eigenvalue weighted by Crippen LogP contribution is 2.34. The zero-order valence-electron chi connectivity index (χ0n) is 17.8. The molecule has 0 unspecified atom stereocenters. The summed E-state index contributed by atoms with van der Waals surface area (Å²) in [6.45, 7) is 4.64. The molecule has 1 aromatic carbocycles. The molecule has 0 saturated carbocycles. The summed E-state index contributed by atoms with van der Waals surface area (Å²) in [6, 6.07) is 7.50. The number of halogens is 1. The van der Waals surface area contributed by atoms with Gasteiger partial charge in [0.2, 0.25) is 0 Å². The lowest BCUT2D eigenvalue weighted by Crippen LogP contribution is -2.43. The Morgan fingerprint density at radius 1 is 1.03 bits per heavy atom. The largest absolute Gasteiger partial charge is 0.366 e. The van der Waals surface area contributed by atoms with Crippen LogP contribution in [0.25, 0.3) is 5.57 Å². The van der Waals surface area contributed by atoms with Crippen LogP contribution in [0.15, 0.2) is 30.0 Å². The van der Waals surface area contributed by atoms with Gasteiger partial charge in [0.1, 0.15) is 5.70 Å². The van der Waals surface area contributed by atoms with Gasteiger partial charge in [-0.3, -0.25) is 14.5 Å². The number of rotatable bonds is 8. The topological polar surface area (TPSA) is 43.9 Å². The van der Waals surface area contributed by atoms with E-state index in [1.807, 2.05) is 19.2 Å². The third-order valence-corrected chi connectivity index (χ3v) is 6.35. The summed E-state index contributed by atoms with van der Waals surface area (Å²) < 4.78 is 0. The van der Waals surface area contributed by atoms with E-state index in [2.05, 4.69) is 23.8 Å². The van der Waals surface area contributed by atoms with Gasteiger partial charge in [-0.05, 0) is 57.1 Å². The Balaban J connectivity index is 1.90. The van der Waals surface area contributed by atoms with E-state index >= 15 is 0 Å². The zero-order chi connectivity index (χ0) is 21.0. The highest BCUT2D eigenvalue weighted by molar-refractivity contribution is 6.36. The Morgan fingerprint density at radius 3 is 2.31 bits per heavy atom. The molecule has 0 bridgehead atoms. The van der Waals surface area contributed by atoms with Crippen molar-refractivity contribution in [2.24, 2.45) is 0 Å². The second kappa shape index (κ2) is 9.77. The zero-order valence-corrected chi connectivity index (χ0v) is 18.5. The van der Waals surface area contributed by atoms with Gasteiger partial charge in [-0.1, -0.05) is 49.9 Å². The average Bonchev–Trinajstić information content (AvgIpc) is 2.96. The fourth-order valence-corrected chi connectivity index (χ4v) is 4.36. The molecular weight excluding hydrogens is 386 g/mol. The van der Waals surface area contributed by atoms with Crippen LogP contribution in [0.1, 0.15) is 51.0 Å². The number of piperidine rings is 1. The van der Waals surface area contributed by atoms with Gasteiger partial charge in [0.15, 0.2) is 0 Å². The van der Waals surface area contributed by atoms with E-state index < -0.39 is 0 Å². The third-order valence-electron chi connectivity index (χ3n) is 6.10. The van der Waals surface area contributed by atoms with E-state index in [4.69, 9.17) is 11.6 Å². The van der Waals surface area contributed by atoms with Gasteiger partial charge in [-0.15, -0.1) is 0 Å². The molecule has 5 nitrogen and oxygen atoms in total. The Bertz CT molecular complexity index is 767. The van der Waals surface area contributed by atoms with Crippen LogP contribution in [0, 0.1) is 0 Å². The van der Waals surface area contributed by atoms with Crippen molar-refractivity contribution in [1.29, 1.82) is 0 Å². The van der Waals surface area contributed by atoms with E-state index in [1.54, 1.807) is 12.1 Å². The van der Waals surface area contributed by atoms with Gasteiger partial charge in [-0.25, -0.2) is 0 Å². The van der Waals surface area contributed by atoms with Crippen molar-refractivity contribution < 1.29 is 9.59 Å². The maximum Gasteiger partial charge on any atom is 0.277 e. The number of hydrogen-bond acceptors (Lipinski definition) is 4. The van der Waals surface area contributed by atoms with Gasteiger partial charge >= 0.3 is 0 Å². The Kier molecular flexibility index (Phi) is 7.36. The summed E-state index contributed by atoms with van der Waals surface area (Å²) in [5.41, 5.74) is 1.82. The molecule has 0 N–H and O–H groups in total. The second-order valence-electron chi connectivity index (χ2n) is 8.20. The predicted octanol–water partition coefficient (Wildman–Crippen LogP) is 4.03. The molecule has 3 rings (SSSR count). The SMILES string of the molecule is CCCCCCN1C(=O)C(c2ccc(Cl)cc2)=C(N(C)C2CCN(C)CC2)C1=O. The molecule has 0 aromatic heterocycles. The number of unbranched alkanes of at least 4 members (excludes halogenated alkanes) is 3. The average molecular weight is 418 g/mol. The van der Waals surface area contributed by atoms with Gasteiger partial charge in [0.05, 0.1) is 5.57 Å². The van der Waals surface area contributed by atoms with Crippen molar-refractivity contribution in [3.63, 3.8) is 0 Å². The summed E-state index contributed by atoms with van der Waals surface area (Å²) in [6.07, 6.45) is 6.11. The lowest BCUT2D eigenvalue weighted by atomic mass is 10.0. The first-order chi connectivity index (χ1) is 13.9. The minimum atomic E-state index is -0.177. The molecule has 0 atom stereocenters. The van der Waals surface area contributed by atoms with E-state index in [1.165, 1.54) is 4.90 Å². The Morgan fingerprint density at radius 2 is 1.69 bits per heavy atom. The fraction of sp³-hybridized carbons (Fsp3) is 0.565. The molecule has 1 aromatic rings. The Labute approximate surface area is 179 Å². The van der Waals surface area contributed by atoms with Gasteiger partial charge in [-0.2, -0.15) is 0 Å². The quantitative estimate of drug-likeness (QED) is 0.473. The minimum Gasteiger partial charge on any atom is -0.366 e. The molecule has 2 aliphatic rings. The molecule has 158 valence electrons. The van der Waals surface area contributed by atoms with Gasteiger partial charge < -0.3 is 9.80 Å². The van der Waals surface area contributed by atoms with Crippen LogP contribution in [-0.4, -0.2) is 66.3 Å². The smallest absolute Gasteiger partial charge is 0.277 e. The summed E-state index contributed by atoms with van der Waals surface area (Å²) >= 11 is 6.05. The number of amides is 2. The van der Waals surface area contributed by atoms with E-state index in [9.17, 15) is 9.59 Å². The summed E-state index contributed by atoms with van der Waals surface area (Å²) in [7, 11) is 4.09. The van der Waals surface area contributed by atoms with Crippen LogP contribution >= 0.6 is 11.6 Å². The number of hydrogen-bond donors (Lipinski definition) is 0. The van der Waals surface area contributed by atoms with E-state index in [0.29, 0.717) is 22.8 Å². The molecule has 0 radical (unpaired) electrons. The highest BCUT2D eigenvalue weighted by Gasteiger charge is 2.42. The number of likely N-dealkylation sites (N-methyl/N-ethyl adjacent to an activating group) is 1. The number of nitrogens with zero attached hydrogens (tertiary/aromatic N) is 3. The summed E-state index contributed by atoms with van der Waals surface area (Å²) in [5.74, 6) is -0.332. The molecule has 0 aliphatic carbocycles. The first-order valence-corrected chi connectivity index (χ1v) is 11.1. The first-order valence-electron chi connectivity index (χ1n) is 10.7. The monoisotopic (exact) mass is 417 g/mol. The lowest BCUT2D eigenvalue weighted by molar-refractivity contribution is -0.137. The van der Waals surface area contributed by atoms with Crippen LogP contribution < -0.4 is 0 Å². The van der Waals surface area contributed by atoms with Crippen molar-refractivity contribution in [3.8, 4) is 0 Å². The van der Waals surface area contributed by atoms with Gasteiger partial charge in [0, 0.05) is 24.7 Å². The molecular formula is C23H32ClN3O2. The fourth-order valence-electron chi connectivity index (χ4n) is 4.23. The normalized spacial score (nSPS) is 18.8. The number of imide groups is 1. The molecule has 2 aliphatic heterocycles. The molecule has 1 fully saturated rings. The summed E-state index contributed by atoms with van der Waals surface area (Å²) in [5, 5.41) is 0.618. The van der Waals surface area contributed by atoms with Crippen molar-refractivity contribution in [2.75, 3.05) is 33.7 Å². The van der Waals surface area contributed by atoms with Crippen LogP contribution in [0.5, 0.6) is 0 Å². The van der Waals surface area contributed by atoms with E-state index in [-0.39, 0.29) is 17.9 Å².